The van der Waals surface area contributed by atoms with Crippen molar-refractivity contribution in [3.8, 4) is 0 Å². The molecule has 4 atom stereocenters. The van der Waals surface area contributed by atoms with Gasteiger partial charge in [0.15, 0.2) is 5.78 Å². The summed E-state index contributed by atoms with van der Waals surface area (Å²) in [6, 6.07) is 0. The van der Waals surface area contributed by atoms with Gasteiger partial charge in [-0.15, -0.1) is 0 Å². The van der Waals surface area contributed by atoms with E-state index in [9.17, 15) is 20.1 Å². The van der Waals surface area contributed by atoms with Gasteiger partial charge in [-0.3, -0.25) is 4.79 Å². The van der Waals surface area contributed by atoms with E-state index in [4.69, 9.17) is 5.73 Å². The summed E-state index contributed by atoms with van der Waals surface area (Å²) in [6.07, 6.45) is 35.5. The molecule has 44 heavy (non-hydrogen) atoms. The second kappa shape index (κ2) is 33.9. The molecule has 0 saturated heterocycles. The van der Waals surface area contributed by atoms with Crippen molar-refractivity contribution >= 4 is 5.78 Å². The molecular formula is C39H79NO4. The summed E-state index contributed by atoms with van der Waals surface area (Å²) in [7, 11) is 0. The molecule has 0 heterocycles. The van der Waals surface area contributed by atoms with E-state index in [1.165, 1.54) is 154 Å². The summed E-state index contributed by atoms with van der Waals surface area (Å²) in [6.45, 7) is 4.53. The highest BCUT2D eigenvalue weighted by molar-refractivity contribution is 5.86. The first kappa shape index (κ1) is 43.5. The summed E-state index contributed by atoms with van der Waals surface area (Å²) in [5.74, 6) is -1.60. The number of aliphatic hydroxyl groups is 3. The van der Waals surface area contributed by atoms with Crippen LogP contribution in [0, 0.1) is 5.92 Å². The van der Waals surface area contributed by atoms with Gasteiger partial charge in [0.25, 0.3) is 0 Å². The van der Waals surface area contributed by atoms with Gasteiger partial charge in [0, 0.05) is 0 Å². The number of hydrogen-bond donors (Lipinski definition) is 4. The molecule has 0 rings (SSSR count). The van der Waals surface area contributed by atoms with Crippen LogP contribution in [0.5, 0.6) is 0 Å². The Morgan fingerprint density at radius 3 is 0.955 bits per heavy atom. The third-order valence-corrected chi connectivity index (χ3v) is 9.62. The second-order valence-corrected chi connectivity index (χ2v) is 14.0. The molecule has 0 aliphatic heterocycles. The quantitative estimate of drug-likeness (QED) is 0.0409. The maximum atomic E-state index is 12.8. The lowest BCUT2D eigenvalue weighted by molar-refractivity contribution is -0.140. The van der Waals surface area contributed by atoms with Gasteiger partial charge in [0.2, 0.25) is 0 Å². The molecule has 5 N–H and O–H groups in total. The number of nitrogens with two attached hydrogens (primary N) is 1. The molecule has 0 aromatic rings. The maximum Gasteiger partial charge on any atom is 0.170 e. The predicted molar refractivity (Wildman–Crippen MR) is 190 cm³/mol. The van der Waals surface area contributed by atoms with Gasteiger partial charge in [-0.05, 0) is 12.8 Å². The number of rotatable bonds is 36. The average Bonchev–Trinajstić information content (AvgIpc) is 3.00. The number of hydrogen-bond acceptors (Lipinski definition) is 5. The van der Waals surface area contributed by atoms with Crippen LogP contribution in [-0.2, 0) is 4.79 Å². The van der Waals surface area contributed by atoms with Crippen molar-refractivity contribution in [3.05, 3.63) is 0 Å². The minimum absolute atomic E-state index is 0.381. The highest BCUT2D eigenvalue weighted by atomic mass is 16.3. The first-order chi connectivity index (χ1) is 21.5. The highest BCUT2D eigenvalue weighted by Crippen LogP contribution is 2.21. The molecule has 0 aliphatic rings. The Hall–Kier alpha value is -0.490. The lowest BCUT2D eigenvalue weighted by atomic mass is 9.87. The Morgan fingerprint density at radius 2 is 0.682 bits per heavy atom. The molecule has 0 bridgehead atoms. The first-order valence-corrected chi connectivity index (χ1v) is 19.8. The number of carbonyl (C=O) groups is 1. The van der Waals surface area contributed by atoms with E-state index in [2.05, 4.69) is 13.8 Å². The molecule has 0 amide bonds. The van der Waals surface area contributed by atoms with Crippen molar-refractivity contribution in [2.24, 2.45) is 11.7 Å². The summed E-state index contributed by atoms with van der Waals surface area (Å²) in [5, 5.41) is 31.1. The van der Waals surface area contributed by atoms with Crippen LogP contribution in [-0.4, -0.2) is 39.5 Å². The molecule has 5 nitrogen and oxygen atoms in total. The molecule has 0 aliphatic carbocycles. The number of Topliss-reactive ketones (excluding diaryl/α,β-unsaturated/α-hetero) is 1. The zero-order valence-corrected chi connectivity index (χ0v) is 29.8. The Morgan fingerprint density at radius 1 is 0.432 bits per heavy atom. The fourth-order valence-corrected chi connectivity index (χ4v) is 6.56. The van der Waals surface area contributed by atoms with Crippen LogP contribution in [0.1, 0.15) is 219 Å². The van der Waals surface area contributed by atoms with Gasteiger partial charge in [-0.25, -0.2) is 0 Å². The van der Waals surface area contributed by atoms with Crippen molar-refractivity contribution in [1.82, 2.24) is 0 Å². The lowest BCUT2D eigenvalue weighted by Crippen LogP contribution is -2.47. The minimum atomic E-state index is -1.44. The van der Waals surface area contributed by atoms with Crippen LogP contribution >= 0.6 is 0 Å². The molecule has 5 heteroatoms. The Bertz CT molecular complexity index is 584. The molecule has 4 unspecified atom stereocenters. The van der Waals surface area contributed by atoms with E-state index in [1.807, 2.05) is 0 Å². The van der Waals surface area contributed by atoms with Crippen LogP contribution < -0.4 is 5.73 Å². The third-order valence-electron chi connectivity index (χ3n) is 9.62. The number of aliphatic hydroxyl groups excluding tert-OH is 3. The van der Waals surface area contributed by atoms with Gasteiger partial charge in [0.1, 0.15) is 12.3 Å². The molecule has 0 aromatic heterocycles. The molecule has 264 valence electrons. The normalized spacial score (nSPS) is 14.5. The van der Waals surface area contributed by atoms with Crippen molar-refractivity contribution in [1.29, 1.82) is 0 Å². The minimum Gasteiger partial charge on any atom is -0.392 e. The van der Waals surface area contributed by atoms with E-state index in [1.54, 1.807) is 0 Å². The molecule has 0 spiro atoms. The topological polar surface area (TPSA) is 104 Å². The largest absolute Gasteiger partial charge is 0.392 e. The number of unbranched alkanes of at least 4 members (excludes halogenated alkanes) is 28. The van der Waals surface area contributed by atoms with E-state index >= 15 is 0 Å². The Balaban J connectivity index is 3.76. The average molecular weight is 626 g/mol. The summed E-state index contributed by atoms with van der Waals surface area (Å²) in [4.78, 5) is 12.8. The third kappa shape index (κ3) is 27.8. The van der Waals surface area contributed by atoms with E-state index in [-0.39, 0.29) is 0 Å². The fraction of sp³-hybridized carbons (Fsp3) is 0.974. The smallest absolute Gasteiger partial charge is 0.170 e. The van der Waals surface area contributed by atoms with Crippen LogP contribution in [0.15, 0.2) is 0 Å². The Labute approximate surface area is 274 Å². The summed E-state index contributed by atoms with van der Waals surface area (Å²) < 4.78 is 0. The van der Waals surface area contributed by atoms with Crippen LogP contribution in [0.3, 0.4) is 0 Å². The molecule has 0 aromatic carbocycles. The summed E-state index contributed by atoms with van der Waals surface area (Å²) in [5.41, 5.74) is 5.68. The van der Waals surface area contributed by atoms with E-state index in [0.717, 1.165) is 38.5 Å². The lowest BCUT2D eigenvalue weighted by Gasteiger charge is -2.26. The highest BCUT2D eigenvalue weighted by Gasteiger charge is 2.34. The first-order valence-electron chi connectivity index (χ1n) is 19.8. The zero-order valence-electron chi connectivity index (χ0n) is 29.8. The second-order valence-electron chi connectivity index (χ2n) is 14.0. The van der Waals surface area contributed by atoms with E-state index in [0.29, 0.717) is 12.8 Å². The predicted octanol–water partition coefficient (Wildman–Crippen LogP) is 10.7. The van der Waals surface area contributed by atoms with Gasteiger partial charge in [0.05, 0.1) is 12.0 Å². The van der Waals surface area contributed by atoms with Gasteiger partial charge in [-0.2, -0.15) is 0 Å². The molecule has 0 saturated carbocycles. The fourth-order valence-electron chi connectivity index (χ4n) is 6.56. The van der Waals surface area contributed by atoms with Crippen molar-refractivity contribution in [2.75, 3.05) is 0 Å². The van der Waals surface area contributed by atoms with Gasteiger partial charge >= 0.3 is 0 Å². The summed E-state index contributed by atoms with van der Waals surface area (Å²) >= 11 is 0. The van der Waals surface area contributed by atoms with Gasteiger partial charge in [-0.1, -0.05) is 206 Å². The maximum absolute atomic E-state index is 12.8. The molecule has 0 fully saturated rings. The molecule has 0 radical (unpaired) electrons. The van der Waals surface area contributed by atoms with Crippen molar-refractivity contribution < 1.29 is 20.1 Å². The Kier molecular flexibility index (Phi) is 33.5. The zero-order chi connectivity index (χ0) is 32.5. The van der Waals surface area contributed by atoms with Crippen molar-refractivity contribution in [2.45, 2.75) is 238 Å². The number of carbonyl (C=O) groups excluding carboxylic acids is 1. The monoisotopic (exact) mass is 626 g/mol. The van der Waals surface area contributed by atoms with Gasteiger partial charge < -0.3 is 21.1 Å². The molecular weight excluding hydrogens is 546 g/mol. The van der Waals surface area contributed by atoms with E-state index < -0.39 is 30.1 Å². The standard InChI is InChI=1S/C39H79NO4/c1-3-5-7-9-11-13-15-17-18-19-20-22-24-26-28-30-32-34-36(42)38(43)37(39(40)44)35(41)33-31-29-27-25-23-21-16-14-12-10-8-6-4-2/h35-37,39,41-42,44H,3-34,40H2,1-2H3. The van der Waals surface area contributed by atoms with Crippen molar-refractivity contribution in [3.63, 3.8) is 0 Å². The SMILES string of the molecule is CCCCCCCCCCCCCCCCCCCC(O)C(=O)C(C(N)O)C(O)CCCCCCCCCCCCCCC. The van der Waals surface area contributed by atoms with Crippen LogP contribution in [0.2, 0.25) is 0 Å². The van der Waals surface area contributed by atoms with Crippen LogP contribution in [0.4, 0.5) is 0 Å². The number of ketones is 1. The van der Waals surface area contributed by atoms with Crippen LogP contribution in [0.25, 0.3) is 0 Å².